The highest BCUT2D eigenvalue weighted by atomic mass is 19.1. The third-order valence-corrected chi connectivity index (χ3v) is 2.66. The molecular formula is C10H10FN3. The van der Waals surface area contributed by atoms with Crippen molar-refractivity contribution in [2.75, 3.05) is 13.1 Å². The summed E-state index contributed by atoms with van der Waals surface area (Å²) < 4.78 is 14.9. The monoisotopic (exact) mass is 191 g/mol. The molecule has 2 aromatic rings. The van der Waals surface area contributed by atoms with E-state index in [1.807, 2.05) is 4.68 Å². The number of halogens is 1. The van der Waals surface area contributed by atoms with Crippen LogP contribution >= 0.6 is 0 Å². The number of nitrogens with one attached hydrogen (secondary N) is 1. The van der Waals surface area contributed by atoms with Crippen molar-refractivity contribution in [3.8, 4) is 0 Å². The van der Waals surface area contributed by atoms with Gasteiger partial charge in [0.1, 0.15) is 5.82 Å². The van der Waals surface area contributed by atoms with Crippen LogP contribution in [-0.2, 0) is 0 Å². The summed E-state index contributed by atoms with van der Waals surface area (Å²) in [5.41, 5.74) is 1.01. The van der Waals surface area contributed by atoms with Crippen molar-refractivity contribution in [1.82, 2.24) is 15.1 Å². The van der Waals surface area contributed by atoms with Crippen LogP contribution in [0.15, 0.2) is 24.4 Å². The van der Waals surface area contributed by atoms with Gasteiger partial charge >= 0.3 is 0 Å². The van der Waals surface area contributed by atoms with Gasteiger partial charge < -0.3 is 5.32 Å². The SMILES string of the molecule is Fc1ccc2c(cnn2C2CNC2)c1. The molecule has 1 aliphatic rings. The van der Waals surface area contributed by atoms with Crippen LogP contribution in [0.4, 0.5) is 4.39 Å². The summed E-state index contributed by atoms with van der Waals surface area (Å²) in [4.78, 5) is 0. The van der Waals surface area contributed by atoms with E-state index in [-0.39, 0.29) is 5.82 Å². The maximum atomic E-state index is 12.9. The second-order valence-electron chi connectivity index (χ2n) is 3.60. The van der Waals surface area contributed by atoms with E-state index in [2.05, 4.69) is 10.4 Å². The van der Waals surface area contributed by atoms with Gasteiger partial charge in [-0.05, 0) is 18.2 Å². The van der Waals surface area contributed by atoms with Crippen molar-refractivity contribution in [3.63, 3.8) is 0 Å². The Morgan fingerprint density at radius 2 is 2.29 bits per heavy atom. The normalized spacial score (nSPS) is 17.2. The Morgan fingerprint density at radius 3 is 3.00 bits per heavy atom. The summed E-state index contributed by atoms with van der Waals surface area (Å²) in [6, 6.07) is 5.21. The van der Waals surface area contributed by atoms with Crippen molar-refractivity contribution in [2.45, 2.75) is 6.04 Å². The molecule has 0 atom stereocenters. The number of aromatic nitrogens is 2. The predicted molar refractivity (Wildman–Crippen MR) is 51.6 cm³/mol. The molecule has 1 aromatic heterocycles. The lowest BCUT2D eigenvalue weighted by Gasteiger charge is -2.27. The fourth-order valence-electron chi connectivity index (χ4n) is 1.76. The number of fused-ring (bicyclic) bond motifs is 1. The maximum absolute atomic E-state index is 12.9. The summed E-state index contributed by atoms with van der Waals surface area (Å²) in [6.07, 6.45) is 1.72. The molecule has 72 valence electrons. The maximum Gasteiger partial charge on any atom is 0.124 e. The van der Waals surface area contributed by atoms with Crippen LogP contribution < -0.4 is 5.32 Å². The largest absolute Gasteiger partial charge is 0.312 e. The first-order chi connectivity index (χ1) is 6.84. The number of benzene rings is 1. The molecule has 4 heteroatoms. The highest BCUT2D eigenvalue weighted by Gasteiger charge is 2.20. The Hall–Kier alpha value is -1.42. The molecule has 0 unspecified atom stereocenters. The van der Waals surface area contributed by atoms with E-state index >= 15 is 0 Å². The highest BCUT2D eigenvalue weighted by molar-refractivity contribution is 5.78. The fraction of sp³-hybridized carbons (Fsp3) is 0.300. The number of hydrogen-bond acceptors (Lipinski definition) is 2. The average molecular weight is 191 g/mol. The van der Waals surface area contributed by atoms with E-state index in [1.54, 1.807) is 12.3 Å². The quantitative estimate of drug-likeness (QED) is 0.736. The van der Waals surface area contributed by atoms with Gasteiger partial charge in [0.2, 0.25) is 0 Å². The van der Waals surface area contributed by atoms with Crippen molar-refractivity contribution < 1.29 is 4.39 Å². The van der Waals surface area contributed by atoms with E-state index in [4.69, 9.17) is 0 Å². The van der Waals surface area contributed by atoms with Gasteiger partial charge in [-0.2, -0.15) is 5.10 Å². The standard InChI is InChI=1S/C10H10FN3/c11-8-1-2-10-7(3-8)4-13-14(10)9-5-12-6-9/h1-4,9,12H,5-6H2. The third-order valence-electron chi connectivity index (χ3n) is 2.66. The molecule has 0 amide bonds. The molecule has 1 N–H and O–H groups in total. The van der Waals surface area contributed by atoms with Gasteiger partial charge in [-0.3, -0.25) is 4.68 Å². The molecule has 0 bridgehead atoms. The van der Waals surface area contributed by atoms with E-state index in [0.717, 1.165) is 24.0 Å². The lowest BCUT2D eigenvalue weighted by Crippen LogP contribution is -2.43. The zero-order valence-electron chi connectivity index (χ0n) is 7.57. The minimum atomic E-state index is -0.205. The van der Waals surface area contributed by atoms with Gasteiger partial charge in [0, 0.05) is 18.5 Å². The smallest absolute Gasteiger partial charge is 0.124 e. The van der Waals surface area contributed by atoms with E-state index < -0.39 is 0 Å². The Morgan fingerprint density at radius 1 is 1.43 bits per heavy atom. The van der Waals surface area contributed by atoms with Crippen LogP contribution in [0.1, 0.15) is 6.04 Å². The average Bonchev–Trinajstić information content (AvgIpc) is 2.45. The second-order valence-corrected chi connectivity index (χ2v) is 3.60. The van der Waals surface area contributed by atoms with Gasteiger partial charge in [-0.1, -0.05) is 0 Å². The lowest BCUT2D eigenvalue weighted by atomic mass is 10.2. The summed E-state index contributed by atoms with van der Waals surface area (Å²) >= 11 is 0. The molecule has 1 aliphatic heterocycles. The zero-order valence-corrected chi connectivity index (χ0v) is 7.57. The van der Waals surface area contributed by atoms with Crippen LogP contribution in [0.5, 0.6) is 0 Å². The summed E-state index contributed by atoms with van der Waals surface area (Å²) in [5.74, 6) is -0.205. The predicted octanol–water partition coefficient (Wildman–Crippen LogP) is 1.32. The first kappa shape index (κ1) is 7.94. The van der Waals surface area contributed by atoms with Gasteiger partial charge in [0.15, 0.2) is 0 Å². The first-order valence-corrected chi connectivity index (χ1v) is 4.68. The summed E-state index contributed by atoms with van der Waals surface area (Å²) in [7, 11) is 0. The van der Waals surface area contributed by atoms with Crippen molar-refractivity contribution in [3.05, 3.63) is 30.2 Å². The van der Waals surface area contributed by atoms with Crippen molar-refractivity contribution >= 4 is 10.9 Å². The topological polar surface area (TPSA) is 29.9 Å². The van der Waals surface area contributed by atoms with Crippen LogP contribution in [-0.4, -0.2) is 22.9 Å². The third kappa shape index (κ3) is 1.04. The fourth-order valence-corrected chi connectivity index (χ4v) is 1.76. The molecule has 1 fully saturated rings. The molecule has 0 spiro atoms. The van der Waals surface area contributed by atoms with Crippen LogP contribution in [0.2, 0.25) is 0 Å². The molecule has 3 rings (SSSR count). The van der Waals surface area contributed by atoms with Crippen molar-refractivity contribution in [1.29, 1.82) is 0 Å². The zero-order chi connectivity index (χ0) is 9.54. The molecule has 2 heterocycles. The van der Waals surface area contributed by atoms with E-state index in [1.165, 1.54) is 12.1 Å². The Labute approximate surface area is 80.5 Å². The molecular weight excluding hydrogens is 181 g/mol. The number of nitrogens with zero attached hydrogens (tertiary/aromatic N) is 2. The van der Waals surface area contributed by atoms with E-state index in [0.29, 0.717) is 6.04 Å². The molecule has 3 nitrogen and oxygen atoms in total. The van der Waals surface area contributed by atoms with Gasteiger partial charge in [0.25, 0.3) is 0 Å². The highest BCUT2D eigenvalue weighted by Crippen LogP contribution is 2.20. The minimum absolute atomic E-state index is 0.205. The molecule has 1 aromatic carbocycles. The summed E-state index contributed by atoms with van der Waals surface area (Å²) in [5, 5.41) is 8.33. The molecule has 1 saturated heterocycles. The first-order valence-electron chi connectivity index (χ1n) is 4.68. The van der Waals surface area contributed by atoms with Gasteiger partial charge in [-0.25, -0.2) is 4.39 Å². The van der Waals surface area contributed by atoms with Crippen molar-refractivity contribution in [2.24, 2.45) is 0 Å². The lowest BCUT2D eigenvalue weighted by molar-refractivity contribution is 0.326. The van der Waals surface area contributed by atoms with Crippen LogP contribution in [0.25, 0.3) is 10.9 Å². The Balaban J connectivity index is 2.16. The van der Waals surface area contributed by atoms with Gasteiger partial charge in [-0.15, -0.1) is 0 Å². The van der Waals surface area contributed by atoms with Crippen LogP contribution in [0, 0.1) is 5.82 Å². The van der Waals surface area contributed by atoms with E-state index in [9.17, 15) is 4.39 Å². The van der Waals surface area contributed by atoms with Gasteiger partial charge in [0.05, 0.1) is 17.8 Å². The number of hydrogen-bond donors (Lipinski definition) is 1. The second kappa shape index (κ2) is 2.78. The molecule has 0 radical (unpaired) electrons. The Kier molecular flexibility index (Phi) is 1.58. The molecule has 0 aliphatic carbocycles. The molecule has 0 saturated carbocycles. The minimum Gasteiger partial charge on any atom is -0.312 e. The number of rotatable bonds is 1. The molecule has 14 heavy (non-hydrogen) atoms. The summed E-state index contributed by atoms with van der Waals surface area (Å²) in [6.45, 7) is 1.91. The van der Waals surface area contributed by atoms with Crippen LogP contribution in [0.3, 0.4) is 0 Å². The Bertz CT molecular complexity index is 473.